The molecular formula is C13H18ClFN2O. The van der Waals surface area contributed by atoms with Crippen LogP contribution in [-0.2, 0) is 0 Å². The van der Waals surface area contributed by atoms with Gasteiger partial charge in [-0.2, -0.15) is 0 Å². The highest BCUT2D eigenvalue weighted by Gasteiger charge is 2.26. The normalized spacial score (nSPS) is 23.4. The number of piperazine rings is 1. The van der Waals surface area contributed by atoms with Crippen molar-refractivity contribution in [1.82, 2.24) is 10.2 Å². The molecule has 1 heterocycles. The van der Waals surface area contributed by atoms with Crippen molar-refractivity contribution in [2.75, 3.05) is 13.1 Å². The quantitative estimate of drug-likeness (QED) is 0.849. The largest absolute Gasteiger partial charge is 0.335 e. The van der Waals surface area contributed by atoms with Gasteiger partial charge in [0.1, 0.15) is 5.82 Å². The second-order valence-corrected chi connectivity index (χ2v) is 4.66. The zero-order chi connectivity index (χ0) is 12.4. The highest BCUT2D eigenvalue weighted by molar-refractivity contribution is 5.94. The van der Waals surface area contributed by atoms with Crippen LogP contribution in [0, 0.1) is 5.82 Å². The molecule has 1 saturated heterocycles. The van der Waals surface area contributed by atoms with Crippen LogP contribution in [0.1, 0.15) is 24.2 Å². The molecule has 1 aromatic carbocycles. The van der Waals surface area contributed by atoms with E-state index in [0.29, 0.717) is 13.1 Å². The fourth-order valence-corrected chi connectivity index (χ4v) is 2.30. The van der Waals surface area contributed by atoms with Crippen LogP contribution in [0.15, 0.2) is 24.3 Å². The molecule has 0 bridgehead atoms. The molecule has 3 nitrogen and oxygen atoms in total. The van der Waals surface area contributed by atoms with E-state index in [1.165, 1.54) is 12.1 Å². The van der Waals surface area contributed by atoms with Gasteiger partial charge in [0.15, 0.2) is 0 Å². The van der Waals surface area contributed by atoms with Crippen LogP contribution < -0.4 is 5.32 Å². The fourth-order valence-electron chi connectivity index (χ4n) is 2.30. The highest BCUT2D eigenvalue weighted by Crippen LogP contribution is 2.13. The van der Waals surface area contributed by atoms with E-state index in [1.54, 1.807) is 17.0 Å². The molecule has 1 aliphatic heterocycles. The molecule has 1 fully saturated rings. The second-order valence-electron chi connectivity index (χ2n) is 4.66. The van der Waals surface area contributed by atoms with Gasteiger partial charge in [-0.3, -0.25) is 4.79 Å². The molecule has 0 radical (unpaired) electrons. The van der Waals surface area contributed by atoms with Gasteiger partial charge < -0.3 is 10.2 Å². The van der Waals surface area contributed by atoms with E-state index in [1.807, 2.05) is 13.8 Å². The number of hydrogen-bond donors (Lipinski definition) is 1. The maximum absolute atomic E-state index is 13.5. The van der Waals surface area contributed by atoms with Gasteiger partial charge in [0.05, 0.1) is 5.56 Å². The second kappa shape index (κ2) is 6.16. The van der Waals surface area contributed by atoms with Crippen LogP contribution in [0.25, 0.3) is 0 Å². The third-order valence-electron chi connectivity index (χ3n) is 2.95. The van der Waals surface area contributed by atoms with Gasteiger partial charge in [0.2, 0.25) is 0 Å². The minimum atomic E-state index is -0.448. The van der Waals surface area contributed by atoms with Gasteiger partial charge in [0.25, 0.3) is 5.91 Å². The summed E-state index contributed by atoms with van der Waals surface area (Å²) >= 11 is 0. The van der Waals surface area contributed by atoms with Crippen LogP contribution in [0.4, 0.5) is 4.39 Å². The third-order valence-corrected chi connectivity index (χ3v) is 2.95. The zero-order valence-electron chi connectivity index (χ0n) is 10.5. The van der Waals surface area contributed by atoms with E-state index in [2.05, 4.69) is 5.32 Å². The van der Waals surface area contributed by atoms with Gasteiger partial charge in [-0.1, -0.05) is 12.1 Å². The maximum atomic E-state index is 13.5. The standard InChI is InChI=1S/C13H17FN2O.ClH/c1-9-7-16(8-10(2)15-9)13(17)11-5-3-4-6-12(11)14;/h3-6,9-10,15H,7-8H2,1-2H3;1H. The van der Waals surface area contributed by atoms with E-state index >= 15 is 0 Å². The van der Waals surface area contributed by atoms with E-state index in [9.17, 15) is 9.18 Å². The molecule has 0 spiro atoms. The summed E-state index contributed by atoms with van der Waals surface area (Å²) in [5.74, 6) is -0.667. The van der Waals surface area contributed by atoms with E-state index in [0.717, 1.165) is 0 Å². The molecule has 18 heavy (non-hydrogen) atoms. The SMILES string of the molecule is CC1CN(C(=O)c2ccccc2F)CC(C)N1.Cl. The van der Waals surface area contributed by atoms with Crippen molar-refractivity contribution in [3.63, 3.8) is 0 Å². The molecule has 1 amide bonds. The van der Waals surface area contributed by atoms with Gasteiger partial charge in [-0.15, -0.1) is 12.4 Å². The van der Waals surface area contributed by atoms with Gasteiger partial charge in [-0.05, 0) is 26.0 Å². The first-order valence-corrected chi connectivity index (χ1v) is 5.88. The van der Waals surface area contributed by atoms with Crippen molar-refractivity contribution in [3.8, 4) is 0 Å². The Morgan fingerprint density at radius 3 is 2.39 bits per heavy atom. The number of halogens is 2. The monoisotopic (exact) mass is 272 g/mol. The molecule has 0 aromatic heterocycles. The van der Waals surface area contributed by atoms with Crippen LogP contribution in [-0.4, -0.2) is 36.0 Å². The Hall–Kier alpha value is -1.13. The minimum absolute atomic E-state index is 0. The van der Waals surface area contributed by atoms with Gasteiger partial charge in [0, 0.05) is 25.2 Å². The van der Waals surface area contributed by atoms with Crippen molar-refractivity contribution < 1.29 is 9.18 Å². The summed E-state index contributed by atoms with van der Waals surface area (Å²) in [5.41, 5.74) is 0.161. The number of amides is 1. The topological polar surface area (TPSA) is 32.3 Å². The average Bonchev–Trinajstić information content (AvgIpc) is 2.27. The van der Waals surface area contributed by atoms with Crippen molar-refractivity contribution in [2.45, 2.75) is 25.9 Å². The lowest BCUT2D eigenvalue weighted by Crippen LogP contribution is -2.55. The molecule has 2 rings (SSSR count). The van der Waals surface area contributed by atoms with Crippen molar-refractivity contribution in [3.05, 3.63) is 35.6 Å². The average molecular weight is 273 g/mol. The van der Waals surface area contributed by atoms with Crippen LogP contribution in [0.3, 0.4) is 0 Å². The number of benzene rings is 1. The molecular weight excluding hydrogens is 255 g/mol. The van der Waals surface area contributed by atoms with E-state index < -0.39 is 5.82 Å². The summed E-state index contributed by atoms with van der Waals surface area (Å²) in [6.07, 6.45) is 0. The lowest BCUT2D eigenvalue weighted by atomic mass is 10.1. The van der Waals surface area contributed by atoms with Crippen LogP contribution in [0.5, 0.6) is 0 Å². The maximum Gasteiger partial charge on any atom is 0.256 e. The molecule has 5 heteroatoms. The van der Waals surface area contributed by atoms with Crippen molar-refractivity contribution in [1.29, 1.82) is 0 Å². The molecule has 2 atom stereocenters. The Morgan fingerprint density at radius 2 is 1.83 bits per heavy atom. The van der Waals surface area contributed by atoms with Gasteiger partial charge >= 0.3 is 0 Å². The first kappa shape index (κ1) is 14.9. The van der Waals surface area contributed by atoms with Crippen LogP contribution >= 0.6 is 12.4 Å². The zero-order valence-corrected chi connectivity index (χ0v) is 11.3. The molecule has 2 unspecified atom stereocenters. The number of carbonyl (C=O) groups is 1. The summed E-state index contributed by atoms with van der Waals surface area (Å²) in [4.78, 5) is 13.9. The van der Waals surface area contributed by atoms with Crippen molar-refractivity contribution >= 4 is 18.3 Å². The number of nitrogens with one attached hydrogen (secondary N) is 1. The van der Waals surface area contributed by atoms with E-state index in [-0.39, 0.29) is 36.0 Å². The Morgan fingerprint density at radius 1 is 1.28 bits per heavy atom. The molecule has 0 saturated carbocycles. The Kier molecular flexibility index (Phi) is 5.11. The minimum Gasteiger partial charge on any atom is -0.335 e. The number of rotatable bonds is 1. The molecule has 1 N–H and O–H groups in total. The summed E-state index contributed by atoms with van der Waals surface area (Å²) in [5, 5.41) is 3.34. The summed E-state index contributed by atoms with van der Waals surface area (Å²) < 4.78 is 13.5. The first-order valence-electron chi connectivity index (χ1n) is 5.88. The molecule has 0 aliphatic carbocycles. The number of nitrogens with zero attached hydrogens (tertiary/aromatic N) is 1. The Balaban J connectivity index is 0.00000162. The fraction of sp³-hybridized carbons (Fsp3) is 0.462. The lowest BCUT2D eigenvalue weighted by molar-refractivity contribution is 0.0669. The third kappa shape index (κ3) is 3.21. The van der Waals surface area contributed by atoms with Crippen molar-refractivity contribution in [2.24, 2.45) is 0 Å². The Bertz CT molecular complexity index is 417. The molecule has 1 aromatic rings. The van der Waals surface area contributed by atoms with E-state index in [4.69, 9.17) is 0 Å². The molecule has 100 valence electrons. The summed E-state index contributed by atoms with van der Waals surface area (Å²) in [6.45, 7) is 5.30. The smallest absolute Gasteiger partial charge is 0.256 e. The lowest BCUT2D eigenvalue weighted by Gasteiger charge is -2.36. The molecule has 1 aliphatic rings. The number of carbonyl (C=O) groups excluding carboxylic acids is 1. The summed E-state index contributed by atoms with van der Waals surface area (Å²) in [6, 6.07) is 6.63. The van der Waals surface area contributed by atoms with Crippen LogP contribution in [0.2, 0.25) is 0 Å². The number of hydrogen-bond acceptors (Lipinski definition) is 2. The predicted molar refractivity (Wildman–Crippen MR) is 71.6 cm³/mol. The highest BCUT2D eigenvalue weighted by atomic mass is 35.5. The summed E-state index contributed by atoms with van der Waals surface area (Å²) in [7, 11) is 0. The Labute approximate surface area is 113 Å². The predicted octanol–water partition coefficient (Wildman–Crippen LogP) is 2.07. The van der Waals surface area contributed by atoms with Gasteiger partial charge in [-0.25, -0.2) is 4.39 Å². The first-order chi connectivity index (χ1) is 8.08.